The number of nitrogens with one attached hydrogen (secondary N) is 2. The molecule has 0 bridgehead atoms. The fraction of sp³-hybridized carbons (Fsp3) is 0.667. The van der Waals surface area contributed by atoms with Gasteiger partial charge in [-0.3, -0.25) is 0 Å². The third-order valence-electron chi connectivity index (χ3n) is 4.13. The normalized spacial score (nSPS) is 20.4. The van der Waals surface area contributed by atoms with E-state index in [-0.39, 0.29) is 18.0 Å². The van der Waals surface area contributed by atoms with Gasteiger partial charge < -0.3 is 20.2 Å². The molecule has 0 aliphatic heterocycles. The molecule has 1 aliphatic carbocycles. The molecule has 0 saturated heterocycles. The molecule has 1 atom stereocenters. The molecule has 2 rings (SSSR count). The van der Waals surface area contributed by atoms with Gasteiger partial charge in [0.1, 0.15) is 11.4 Å². The van der Waals surface area contributed by atoms with Crippen molar-refractivity contribution in [1.29, 1.82) is 0 Å². The van der Waals surface area contributed by atoms with Crippen molar-refractivity contribution in [3.05, 3.63) is 24.2 Å². The minimum absolute atomic E-state index is 0.114. The smallest absolute Gasteiger partial charge is 0.314 e. The predicted octanol–water partition coefficient (Wildman–Crippen LogP) is 2.37. The van der Waals surface area contributed by atoms with Crippen molar-refractivity contribution >= 4 is 6.03 Å². The first kappa shape index (κ1) is 14.9. The van der Waals surface area contributed by atoms with Gasteiger partial charge in [0.2, 0.25) is 0 Å². The van der Waals surface area contributed by atoms with E-state index in [1.165, 1.54) is 19.1 Å². The van der Waals surface area contributed by atoms with E-state index in [2.05, 4.69) is 17.6 Å². The van der Waals surface area contributed by atoms with E-state index >= 15 is 0 Å². The molecule has 3 N–H and O–H groups in total. The molecule has 112 valence electrons. The largest absolute Gasteiger partial charge is 0.466 e. The van der Waals surface area contributed by atoms with Crippen molar-refractivity contribution < 1.29 is 14.3 Å². The summed E-state index contributed by atoms with van der Waals surface area (Å²) in [4.78, 5) is 11.8. The maximum atomic E-state index is 11.8. The van der Waals surface area contributed by atoms with Gasteiger partial charge in [-0.2, -0.15) is 0 Å². The summed E-state index contributed by atoms with van der Waals surface area (Å²) in [6.07, 6.45) is 6.32. The van der Waals surface area contributed by atoms with Gasteiger partial charge >= 0.3 is 6.03 Å². The van der Waals surface area contributed by atoms with Crippen LogP contribution in [0.1, 0.15) is 45.3 Å². The van der Waals surface area contributed by atoms with Crippen LogP contribution in [0.4, 0.5) is 4.79 Å². The van der Waals surface area contributed by atoms with Crippen LogP contribution in [-0.2, 0) is 5.60 Å². The minimum atomic E-state index is -1.20. The van der Waals surface area contributed by atoms with Crippen LogP contribution >= 0.6 is 0 Å². The number of aliphatic hydroxyl groups is 1. The maximum Gasteiger partial charge on any atom is 0.314 e. The van der Waals surface area contributed by atoms with Crippen LogP contribution in [-0.4, -0.2) is 24.2 Å². The summed E-state index contributed by atoms with van der Waals surface area (Å²) in [6.45, 7) is 4.62. The molecule has 20 heavy (non-hydrogen) atoms. The number of furan rings is 1. The fourth-order valence-electron chi connectivity index (χ4n) is 2.69. The highest BCUT2D eigenvalue weighted by Crippen LogP contribution is 2.36. The van der Waals surface area contributed by atoms with E-state index in [1.807, 2.05) is 0 Å². The molecule has 1 heterocycles. The molecular formula is C15H24N2O3. The van der Waals surface area contributed by atoms with Crippen molar-refractivity contribution in [1.82, 2.24) is 10.6 Å². The van der Waals surface area contributed by atoms with Crippen LogP contribution < -0.4 is 10.6 Å². The van der Waals surface area contributed by atoms with Gasteiger partial charge in [-0.25, -0.2) is 4.79 Å². The molecular weight excluding hydrogens is 256 g/mol. The molecule has 1 aromatic rings. The third kappa shape index (κ3) is 3.76. The summed E-state index contributed by atoms with van der Waals surface area (Å²) < 4.78 is 5.17. The van der Waals surface area contributed by atoms with Gasteiger partial charge in [-0.15, -0.1) is 0 Å². The number of rotatable bonds is 5. The van der Waals surface area contributed by atoms with E-state index < -0.39 is 5.60 Å². The lowest BCUT2D eigenvalue weighted by molar-refractivity contribution is 0.0367. The Morgan fingerprint density at radius 1 is 1.45 bits per heavy atom. The standard InChI is InChI=1S/C15H24N2O3/c1-14(7-3-4-8-14)10-16-13(18)17-11-15(2,19)12-6-5-9-20-12/h5-6,9,19H,3-4,7-8,10-11H2,1-2H3,(H2,16,17,18). The van der Waals surface area contributed by atoms with Crippen molar-refractivity contribution in [2.75, 3.05) is 13.1 Å². The highest BCUT2D eigenvalue weighted by molar-refractivity contribution is 5.73. The molecule has 1 unspecified atom stereocenters. The summed E-state index contributed by atoms with van der Waals surface area (Å²) in [5.41, 5.74) is -0.973. The van der Waals surface area contributed by atoms with Crippen LogP contribution in [0.25, 0.3) is 0 Å². The van der Waals surface area contributed by atoms with Crippen molar-refractivity contribution in [2.45, 2.75) is 45.1 Å². The van der Waals surface area contributed by atoms with E-state index in [0.717, 1.165) is 12.8 Å². The topological polar surface area (TPSA) is 74.5 Å². The lowest BCUT2D eigenvalue weighted by atomic mass is 9.89. The molecule has 1 saturated carbocycles. The van der Waals surface area contributed by atoms with Crippen LogP contribution in [0.5, 0.6) is 0 Å². The Hall–Kier alpha value is -1.49. The van der Waals surface area contributed by atoms with Gasteiger partial charge in [0.15, 0.2) is 0 Å². The second kappa shape index (κ2) is 5.87. The summed E-state index contributed by atoms with van der Waals surface area (Å²) in [5.74, 6) is 0.445. The van der Waals surface area contributed by atoms with Crippen molar-refractivity contribution in [3.63, 3.8) is 0 Å². The first-order valence-electron chi connectivity index (χ1n) is 7.19. The van der Waals surface area contributed by atoms with Crippen molar-refractivity contribution in [2.24, 2.45) is 5.41 Å². The fourth-order valence-corrected chi connectivity index (χ4v) is 2.69. The second-order valence-corrected chi connectivity index (χ2v) is 6.31. The average molecular weight is 280 g/mol. The van der Waals surface area contributed by atoms with Crippen LogP contribution in [0.3, 0.4) is 0 Å². The quantitative estimate of drug-likeness (QED) is 0.775. The summed E-state index contributed by atoms with van der Waals surface area (Å²) in [6, 6.07) is 3.16. The number of carbonyl (C=O) groups excluding carboxylic acids is 1. The van der Waals surface area contributed by atoms with Gasteiger partial charge in [0.25, 0.3) is 0 Å². The van der Waals surface area contributed by atoms with E-state index in [4.69, 9.17) is 4.42 Å². The molecule has 0 spiro atoms. The van der Waals surface area contributed by atoms with Gasteiger partial charge in [-0.1, -0.05) is 19.8 Å². The molecule has 5 heteroatoms. The van der Waals surface area contributed by atoms with Crippen LogP contribution in [0, 0.1) is 5.41 Å². The maximum absolute atomic E-state index is 11.8. The van der Waals surface area contributed by atoms with Crippen LogP contribution in [0.15, 0.2) is 22.8 Å². The highest BCUT2D eigenvalue weighted by atomic mass is 16.4. The lowest BCUT2D eigenvalue weighted by Crippen LogP contribution is -2.45. The zero-order chi connectivity index (χ0) is 14.6. The number of urea groups is 1. The number of hydrogen-bond acceptors (Lipinski definition) is 3. The summed E-state index contributed by atoms with van der Waals surface area (Å²) in [5, 5.41) is 15.8. The summed E-state index contributed by atoms with van der Waals surface area (Å²) in [7, 11) is 0. The Morgan fingerprint density at radius 3 is 2.75 bits per heavy atom. The second-order valence-electron chi connectivity index (χ2n) is 6.31. The van der Waals surface area contributed by atoms with Crippen LogP contribution in [0.2, 0.25) is 0 Å². The van der Waals surface area contributed by atoms with E-state index in [0.29, 0.717) is 12.3 Å². The van der Waals surface area contributed by atoms with Gasteiger partial charge in [0.05, 0.1) is 12.8 Å². The number of hydrogen-bond donors (Lipinski definition) is 3. The molecule has 2 amide bonds. The Kier molecular flexibility index (Phi) is 4.38. The van der Waals surface area contributed by atoms with E-state index in [1.54, 1.807) is 19.1 Å². The summed E-state index contributed by atoms with van der Waals surface area (Å²) >= 11 is 0. The number of carbonyl (C=O) groups is 1. The van der Waals surface area contributed by atoms with Crippen molar-refractivity contribution in [3.8, 4) is 0 Å². The monoisotopic (exact) mass is 280 g/mol. The Balaban J connectivity index is 1.75. The third-order valence-corrected chi connectivity index (χ3v) is 4.13. The first-order valence-corrected chi connectivity index (χ1v) is 7.19. The Bertz CT molecular complexity index is 434. The zero-order valence-electron chi connectivity index (χ0n) is 12.2. The van der Waals surface area contributed by atoms with E-state index in [9.17, 15) is 9.90 Å². The molecule has 0 radical (unpaired) electrons. The molecule has 0 aromatic carbocycles. The minimum Gasteiger partial charge on any atom is -0.466 e. The lowest BCUT2D eigenvalue weighted by Gasteiger charge is -2.25. The Labute approximate surface area is 119 Å². The van der Waals surface area contributed by atoms with Gasteiger partial charge in [-0.05, 0) is 37.3 Å². The highest BCUT2D eigenvalue weighted by Gasteiger charge is 2.30. The zero-order valence-corrected chi connectivity index (χ0v) is 12.2. The molecule has 1 aromatic heterocycles. The first-order chi connectivity index (χ1) is 9.41. The number of amides is 2. The molecule has 5 nitrogen and oxygen atoms in total. The average Bonchev–Trinajstić information content (AvgIpc) is 3.06. The molecule has 1 fully saturated rings. The predicted molar refractivity (Wildman–Crippen MR) is 76.3 cm³/mol. The van der Waals surface area contributed by atoms with Gasteiger partial charge in [0, 0.05) is 6.54 Å². The SMILES string of the molecule is CC1(CNC(=O)NCC(C)(O)c2ccco2)CCCC1. The Morgan fingerprint density at radius 2 is 2.15 bits per heavy atom. The molecule has 1 aliphatic rings.